The van der Waals surface area contributed by atoms with Gasteiger partial charge in [-0.15, -0.1) is 0 Å². The van der Waals surface area contributed by atoms with Crippen LogP contribution in [0.2, 0.25) is 0 Å². The number of ether oxygens (including phenoxy) is 1. The van der Waals surface area contributed by atoms with Crippen molar-refractivity contribution in [1.82, 2.24) is 15.6 Å². The molecule has 0 bridgehead atoms. The lowest BCUT2D eigenvalue weighted by Crippen LogP contribution is -2.28. The molecule has 1 heterocycles. The Morgan fingerprint density at radius 3 is 2.29 bits per heavy atom. The summed E-state index contributed by atoms with van der Waals surface area (Å²) in [6.07, 6.45) is 3.59. The largest absolute Gasteiger partial charge is 0.494 e. The van der Waals surface area contributed by atoms with Crippen LogP contribution in [0, 0.1) is 0 Å². The Labute approximate surface area is 203 Å². The van der Waals surface area contributed by atoms with Crippen molar-refractivity contribution in [3.63, 3.8) is 0 Å². The van der Waals surface area contributed by atoms with Crippen molar-refractivity contribution in [3.05, 3.63) is 106 Å². The maximum atomic E-state index is 13.1. The first-order valence-electron chi connectivity index (χ1n) is 11.5. The second-order valence-corrected chi connectivity index (χ2v) is 7.85. The van der Waals surface area contributed by atoms with E-state index in [9.17, 15) is 9.59 Å². The van der Waals surface area contributed by atoms with Crippen LogP contribution in [0.15, 0.2) is 94.8 Å². The van der Waals surface area contributed by atoms with Crippen LogP contribution < -0.4 is 15.7 Å². The van der Waals surface area contributed by atoms with Crippen molar-refractivity contribution < 1.29 is 9.53 Å². The molecule has 7 nitrogen and oxygen atoms in total. The van der Waals surface area contributed by atoms with E-state index in [1.54, 1.807) is 0 Å². The zero-order valence-electron chi connectivity index (χ0n) is 19.4. The van der Waals surface area contributed by atoms with Gasteiger partial charge in [-0.2, -0.15) is 10.2 Å². The van der Waals surface area contributed by atoms with E-state index >= 15 is 0 Å². The normalized spacial score (nSPS) is 10.9. The van der Waals surface area contributed by atoms with Gasteiger partial charge in [0.2, 0.25) is 0 Å². The number of rotatable bonds is 9. The molecule has 0 aliphatic rings. The summed E-state index contributed by atoms with van der Waals surface area (Å²) < 4.78 is 5.66. The predicted octanol–water partition coefficient (Wildman–Crippen LogP) is 5.05. The summed E-state index contributed by atoms with van der Waals surface area (Å²) in [5.74, 6) is 0.157. The first-order valence-corrected chi connectivity index (χ1v) is 11.5. The van der Waals surface area contributed by atoms with E-state index in [1.807, 2.05) is 84.9 Å². The number of hydrogen-bond donors (Lipinski definition) is 2. The fraction of sp³-hybridized carbons (Fsp3) is 0.143. The SMILES string of the molecule is CCCCOc1ccc(C=NNC(=O)c2c(-c3ccccc3)c(-c3ccccc3)n[nH]c2=O)cc1. The molecule has 2 N–H and O–H groups in total. The molecule has 1 amide bonds. The number of aromatic amines is 1. The molecule has 4 aromatic rings. The number of hydrazone groups is 1. The van der Waals surface area contributed by atoms with E-state index < -0.39 is 11.5 Å². The smallest absolute Gasteiger partial charge is 0.277 e. The van der Waals surface area contributed by atoms with Crippen LogP contribution in [0.1, 0.15) is 35.7 Å². The van der Waals surface area contributed by atoms with E-state index in [2.05, 4.69) is 27.6 Å². The molecule has 0 aliphatic carbocycles. The third kappa shape index (κ3) is 5.89. The highest BCUT2D eigenvalue weighted by Crippen LogP contribution is 2.31. The Hall–Kier alpha value is -4.52. The van der Waals surface area contributed by atoms with Gasteiger partial charge in [-0.1, -0.05) is 74.0 Å². The molecular formula is C28H26N4O3. The number of unbranched alkanes of at least 4 members (excludes halogenated alkanes) is 1. The lowest BCUT2D eigenvalue weighted by molar-refractivity contribution is 0.0954. The maximum absolute atomic E-state index is 13.1. The van der Waals surface area contributed by atoms with Crippen molar-refractivity contribution >= 4 is 12.1 Å². The topological polar surface area (TPSA) is 96.4 Å². The van der Waals surface area contributed by atoms with E-state index in [4.69, 9.17) is 4.74 Å². The molecule has 0 unspecified atom stereocenters. The van der Waals surface area contributed by atoms with Crippen LogP contribution in [-0.2, 0) is 0 Å². The lowest BCUT2D eigenvalue weighted by atomic mass is 9.95. The van der Waals surface area contributed by atoms with Crippen molar-refractivity contribution in [2.24, 2.45) is 5.10 Å². The second-order valence-electron chi connectivity index (χ2n) is 7.85. The van der Waals surface area contributed by atoms with Crippen LogP contribution in [0.3, 0.4) is 0 Å². The number of hydrogen-bond acceptors (Lipinski definition) is 5. The quantitative estimate of drug-likeness (QED) is 0.205. The van der Waals surface area contributed by atoms with Gasteiger partial charge in [0.1, 0.15) is 11.3 Å². The average molecular weight is 467 g/mol. The highest BCUT2D eigenvalue weighted by molar-refractivity contribution is 6.03. The van der Waals surface area contributed by atoms with Crippen LogP contribution in [-0.4, -0.2) is 28.9 Å². The van der Waals surface area contributed by atoms with E-state index in [-0.39, 0.29) is 5.56 Å². The molecule has 35 heavy (non-hydrogen) atoms. The molecule has 176 valence electrons. The molecule has 0 saturated carbocycles. The molecule has 4 rings (SSSR count). The molecule has 1 aromatic heterocycles. The zero-order chi connectivity index (χ0) is 24.5. The number of H-pyrrole nitrogens is 1. The summed E-state index contributed by atoms with van der Waals surface area (Å²) in [4.78, 5) is 25.9. The van der Waals surface area contributed by atoms with E-state index in [0.29, 0.717) is 23.4 Å². The van der Waals surface area contributed by atoms with Crippen molar-refractivity contribution in [2.75, 3.05) is 6.61 Å². The van der Waals surface area contributed by atoms with E-state index in [1.165, 1.54) is 6.21 Å². The Bertz CT molecular complexity index is 1350. The van der Waals surface area contributed by atoms with Crippen molar-refractivity contribution in [2.45, 2.75) is 19.8 Å². The van der Waals surface area contributed by atoms with Crippen molar-refractivity contribution in [3.8, 4) is 28.1 Å². The Kier molecular flexibility index (Phi) is 7.81. The number of carbonyl (C=O) groups is 1. The summed E-state index contributed by atoms with van der Waals surface area (Å²) in [5, 5.41) is 10.8. The minimum Gasteiger partial charge on any atom is -0.494 e. The van der Waals surface area contributed by atoms with Gasteiger partial charge in [-0.05, 0) is 41.8 Å². The van der Waals surface area contributed by atoms with Gasteiger partial charge < -0.3 is 4.74 Å². The van der Waals surface area contributed by atoms with Crippen LogP contribution in [0.4, 0.5) is 0 Å². The predicted molar refractivity (Wildman–Crippen MR) is 138 cm³/mol. The summed E-state index contributed by atoms with van der Waals surface area (Å²) in [6.45, 7) is 2.79. The minimum atomic E-state index is -0.625. The van der Waals surface area contributed by atoms with Crippen LogP contribution in [0.5, 0.6) is 5.75 Å². The molecule has 0 saturated heterocycles. The van der Waals surface area contributed by atoms with Gasteiger partial charge in [-0.25, -0.2) is 10.5 Å². The molecular weight excluding hydrogens is 440 g/mol. The third-order valence-electron chi connectivity index (χ3n) is 5.35. The zero-order valence-corrected chi connectivity index (χ0v) is 19.4. The van der Waals surface area contributed by atoms with Crippen LogP contribution in [0.25, 0.3) is 22.4 Å². The van der Waals surface area contributed by atoms with Gasteiger partial charge in [-0.3, -0.25) is 9.59 Å². The fourth-order valence-corrected chi connectivity index (χ4v) is 3.56. The number of benzene rings is 3. The lowest BCUT2D eigenvalue weighted by Gasteiger charge is -2.12. The van der Waals surface area contributed by atoms with Gasteiger partial charge >= 0.3 is 0 Å². The Balaban J connectivity index is 1.61. The van der Waals surface area contributed by atoms with Gasteiger partial charge in [0.15, 0.2) is 0 Å². The average Bonchev–Trinajstić information content (AvgIpc) is 2.90. The molecule has 0 spiro atoms. The summed E-state index contributed by atoms with van der Waals surface area (Å²) in [6, 6.07) is 26.0. The standard InChI is InChI=1S/C28H26N4O3/c1-2-3-18-35-23-16-14-20(15-17-23)19-29-31-27(33)25-24(21-10-6-4-7-11-21)26(30-32-28(25)34)22-12-8-5-9-13-22/h4-17,19H,2-3,18H2,1H3,(H,31,33)(H,32,34). The maximum Gasteiger partial charge on any atom is 0.277 e. The minimum absolute atomic E-state index is 0.0538. The molecule has 7 heteroatoms. The molecule has 0 aliphatic heterocycles. The number of amides is 1. The van der Waals surface area contributed by atoms with Crippen LogP contribution >= 0.6 is 0 Å². The van der Waals surface area contributed by atoms with Gasteiger partial charge in [0.05, 0.1) is 18.5 Å². The summed E-state index contributed by atoms with van der Waals surface area (Å²) in [5.41, 5.74) is 5.06. The Morgan fingerprint density at radius 1 is 0.971 bits per heavy atom. The highest BCUT2D eigenvalue weighted by atomic mass is 16.5. The summed E-state index contributed by atoms with van der Waals surface area (Å²) in [7, 11) is 0. The second kappa shape index (κ2) is 11.6. The van der Waals surface area contributed by atoms with E-state index in [0.717, 1.165) is 29.7 Å². The number of carbonyl (C=O) groups excluding carboxylic acids is 1. The number of nitrogens with zero attached hydrogens (tertiary/aromatic N) is 2. The fourth-order valence-electron chi connectivity index (χ4n) is 3.56. The molecule has 3 aromatic carbocycles. The molecule has 0 atom stereocenters. The molecule has 0 fully saturated rings. The molecule has 0 radical (unpaired) electrons. The summed E-state index contributed by atoms with van der Waals surface area (Å²) >= 11 is 0. The first-order chi connectivity index (χ1) is 17.2. The third-order valence-corrected chi connectivity index (χ3v) is 5.35. The first kappa shape index (κ1) is 23.6. The number of aromatic nitrogens is 2. The van der Waals surface area contributed by atoms with Gasteiger partial charge in [0.25, 0.3) is 11.5 Å². The Morgan fingerprint density at radius 2 is 1.63 bits per heavy atom. The van der Waals surface area contributed by atoms with Crippen molar-refractivity contribution in [1.29, 1.82) is 0 Å². The van der Waals surface area contributed by atoms with Gasteiger partial charge in [0, 0.05) is 11.1 Å². The highest BCUT2D eigenvalue weighted by Gasteiger charge is 2.22. The monoisotopic (exact) mass is 466 g/mol. The number of nitrogens with one attached hydrogen (secondary N) is 2.